The Kier molecular flexibility index (Phi) is 21.3. The summed E-state index contributed by atoms with van der Waals surface area (Å²) in [4.78, 5) is 25.9. The van der Waals surface area contributed by atoms with Crippen molar-refractivity contribution in [3.8, 4) is 0 Å². The minimum atomic E-state index is -1.22. The van der Waals surface area contributed by atoms with Gasteiger partial charge in [0.05, 0.1) is 10.8 Å². The highest BCUT2D eigenvalue weighted by Gasteiger charge is 2.63. The Bertz CT molecular complexity index is 701. The molecule has 1 rings (SSSR count). The third kappa shape index (κ3) is 13.2. The lowest BCUT2D eigenvalue weighted by molar-refractivity contribution is -0.182. The third-order valence-corrected chi connectivity index (χ3v) is 10.2. The smallest absolute Gasteiger partial charge is 0.311 e. The van der Waals surface area contributed by atoms with E-state index in [1.165, 1.54) is 116 Å². The van der Waals surface area contributed by atoms with Crippen LogP contribution in [0.1, 0.15) is 194 Å². The Labute approximate surface area is 254 Å². The van der Waals surface area contributed by atoms with Gasteiger partial charge in [-0.25, -0.2) is 0 Å². The predicted octanol–water partition coefficient (Wildman–Crippen LogP) is 11.9. The van der Waals surface area contributed by atoms with Gasteiger partial charge in [0, 0.05) is 0 Å². The molecule has 3 atom stereocenters. The molecule has 2 N–H and O–H groups in total. The van der Waals surface area contributed by atoms with Gasteiger partial charge in [0.25, 0.3) is 0 Å². The molecule has 4 heteroatoms. The van der Waals surface area contributed by atoms with E-state index in [-0.39, 0.29) is 5.92 Å². The first kappa shape index (κ1) is 37.7. The zero-order chi connectivity index (χ0) is 30.2. The molecule has 0 saturated heterocycles. The predicted molar refractivity (Wildman–Crippen MR) is 174 cm³/mol. The van der Waals surface area contributed by atoms with Crippen molar-refractivity contribution in [2.45, 2.75) is 194 Å². The number of carbonyl (C=O) groups is 2. The van der Waals surface area contributed by atoms with Gasteiger partial charge in [-0.2, -0.15) is 0 Å². The lowest BCUT2D eigenvalue weighted by Gasteiger charge is -2.50. The Balaban J connectivity index is 2.50. The molecular weight excluding hydrogens is 508 g/mol. The number of rotatable bonds is 28. The maximum Gasteiger partial charge on any atom is 0.311 e. The van der Waals surface area contributed by atoms with Crippen molar-refractivity contribution in [2.75, 3.05) is 0 Å². The van der Waals surface area contributed by atoms with Crippen LogP contribution in [0.3, 0.4) is 0 Å². The summed E-state index contributed by atoms with van der Waals surface area (Å²) in [5.41, 5.74) is -2.42. The van der Waals surface area contributed by atoms with Crippen LogP contribution in [0.2, 0.25) is 0 Å². The molecule has 0 radical (unpaired) electrons. The molecule has 0 aromatic rings. The first-order valence-corrected chi connectivity index (χ1v) is 18.0. The van der Waals surface area contributed by atoms with Crippen LogP contribution in [0.25, 0.3) is 0 Å². The largest absolute Gasteiger partial charge is 0.481 e. The lowest BCUT2D eigenvalue weighted by atomic mass is 9.50. The Morgan fingerprint density at radius 2 is 0.902 bits per heavy atom. The number of aliphatic carboxylic acids is 2. The second-order valence-corrected chi connectivity index (χ2v) is 13.4. The van der Waals surface area contributed by atoms with Crippen LogP contribution in [-0.4, -0.2) is 22.2 Å². The molecule has 0 saturated carbocycles. The van der Waals surface area contributed by atoms with Crippen LogP contribution in [0.4, 0.5) is 0 Å². The minimum Gasteiger partial charge on any atom is -0.481 e. The first-order valence-electron chi connectivity index (χ1n) is 18.0. The summed E-state index contributed by atoms with van der Waals surface area (Å²) in [6.07, 6.45) is 34.7. The molecule has 0 aromatic heterocycles. The lowest BCUT2D eigenvalue weighted by Crippen LogP contribution is -2.57. The monoisotopic (exact) mass is 577 g/mol. The van der Waals surface area contributed by atoms with Crippen molar-refractivity contribution < 1.29 is 19.8 Å². The summed E-state index contributed by atoms with van der Waals surface area (Å²) >= 11 is 0. The Hall–Kier alpha value is -1.32. The quantitative estimate of drug-likeness (QED) is 0.0717. The van der Waals surface area contributed by atoms with Gasteiger partial charge in [0.1, 0.15) is 0 Å². The summed E-state index contributed by atoms with van der Waals surface area (Å²) in [6.45, 7) is 6.45. The van der Waals surface area contributed by atoms with E-state index in [4.69, 9.17) is 0 Å². The van der Waals surface area contributed by atoms with Crippen LogP contribution < -0.4 is 0 Å². The molecule has 3 unspecified atom stereocenters. The van der Waals surface area contributed by atoms with Gasteiger partial charge in [-0.3, -0.25) is 9.59 Å². The standard InChI is InChI=1S/C37H68O4/c1-4-6-8-10-12-14-16-18-20-22-24-26-30-36(34(38)39)31-28-29-33(3)37(36,35(40)41)32-27-25-23-21-19-17-15-13-11-9-7-5-2/h28-29,33H,4-27,30-32H2,1-3H3,(H,38,39)(H,40,41). The Morgan fingerprint density at radius 1 is 0.561 bits per heavy atom. The van der Waals surface area contributed by atoms with Crippen LogP contribution in [0.15, 0.2) is 12.2 Å². The van der Waals surface area contributed by atoms with E-state index in [1.54, 1.807) is 0 Å². The van der Waals surface area contributed by atoms with E-state index < -0.39 is 22.8 Å². The highest BCUT2D eigenvalue weighted by atomic mass is 16.4. The molecular formula is C37H68O4. The topological polar surface area (TPSA) is 74.6 Å². The highest BCUT2D eigenvalue weighted by molar-refractivity contribution is 5.88. The van der Waals surface area contributed by atoms with Crippen LogP contribution in [0, 0.1) is 16.7 Å². The van der Waals surface area contributed by atoms with Crippen molar-refractivity contribution >= 4 is 11.9 Å². The molecule has 1 aliphatic rings. The second-order valence-electron chi connectivity index (χ2n) is 13.4. The maximum atomic E-state index is 13.0. The number of hydrogen-bond donors (Lipinski definition) is 2. The van der Waals surface area contributed by atoms with Gasteiger partial charge in [-0.1, -0.05) is 187 Å². The van der Waals surface area contributed by atoms with Gasteiger partial charge >= 0.3 is 11.9 Å². The molecule has 41 heavy (non-hydrogen) atoms. The number of hydrogen-bond acceptors (Lipinski definition) is 2. The van der Waals surface area contributed by atoms with E-state index in [0.717, 1.165) is 38.5 Å². The fourth-order valence-electron chi connectivity index (χ4n) is 7.45. The average molecular weight is 577 g/mol. The molecule has 1 aliphatic carbocycles. The van der Waals surface area contributed by atoms with E-state index in [0.29, 0.717) is 19.3 Å². The molecule has 0 heterocycles. The van der Waals surface area contributed by atoms with Gasteiger partial charge in [0.2, 0.25) is 0 Å². The Morgan fingerprint density at radius 3 is 1.24 bits per heavy atom. The van der Waals surface area contributed by atoms with Crippen LogP contribution >= 0.6 is 0 Å². The molecule has 0 fully saturated rings. The highest BCUT2D eigenvalue weighted by Crippen LogP contribution is 2.57. The third-order valence-electron chi connectivity index (χ3n) is 10.2. The van der Waals surface area contributed by atoms with Gasteiger partial charge < -0.3 is 10.2 Å². The zero-order valence-corrected chi connectivity index (χ0v) is 27.5. The second kappa shape index (κ2) is 23.2. The first-order chi connectivity index (χ1) is 19.9. The molecule has 240 valence electrons. The number of unbranched alkanes of at least 4 members (excludes halogenated alkanes) is 22. The van der Waals surface area contributed by atoms with Crippen molar-refractivity contribution in [1.82, 2.24) is 0 Å². The van der Waals surface area contributed by atoms with E-state index in [1.807, 2.05) is 19.1 Å². The van der Waals surface area contributed by atoms with E-state index in [2.05, 4.69) is 13.8 Å². The molecule has 0 aromatic carbocycles. The molecule has 0 bridgehead atoms. The van der Waals surface area contributed by atoms with Crippen molar-refractivity contribution in [3.63, 3.8) is 0 Å². The number of carboxylic acids is 2. The fourth-order valence-corrected chi connectivity index (χ4v) is 7.45. The van der Waals surface area contributed by atoms with E-state index >= 15 is 0 Å². The SMILES string of the molecule is CCCCCCCCCCCCCCC1(C(=O)O)CC=CC(C)C1(CCCCCCCCCCCCCC)C(=O)O. The van der Waals surface area contributed by atoms with E-state index in [9.17, 15) is 19.8 Å². The van der Waals surface area contributed by atoms with Crippen molar-refractivity contribution in [2.24, 2.45) is 16.7 Å². The summed E-state index contributed by atoms with van der Waals surface area (Å²) in [7, 11) is 0. The van der Waals surface area contributed by atoms with Crippen molar-refractivity contribution in [3.05, 3.63) is 12.2 Å². The average Bonchev–Trinajstić information content (AvgIpc) is 2.95. The number of allylic oxidation sites excluding steroid dienone is 2. The number of carboxylic acid groups (broad SMARTS) is 2. The summed E-state index contributed by atoms with van der Waals surface area (Å²) in [6, 6.07) is 0. The summed E-state index contributed by atoms with van der Waals surface area (Å²) in [5, 5.41) is 21.2. The molecule has 0 aliphatic heterocycles. The normalized spacial score (nSPS) is 22.3. The van der Waals surface area contributed by atoms with Gasteiger partial charge in [-0.15, -0.1) is 0 Å². The summed E-state index contributed by atoms with van der Waals surface area (Å²) < 4.78 is 0. The molecule has 4 nitrogen and oxygen atoms in total. The summed E-state index contributed by atoms with van der Waals surface area (Å²) in [5.74, 6) is -2.08. The molecule has 0 spiro atoms. The zero-order valence-electron chi connectivity index (χ0n) is 27.5. The van der Waals surface area contributed by atoms with Gasteiger partial charge in [-0.05, 0) is 25.2 Å². The van der Waals surface area contributed by atoms with Crippen molar-refractivity contribution in [1.29, 1.82) is 0 Å². The minimum absolute atomic E-state index is 0.269. The maximum absolute atomic E-state index is 13.0. The molecule has 0 amide bonds. The van der Waals surface area contributed by atoms with Gasteiger partial charge in [0.15, 0.2) is 0 Å². The fraction of sp³-hybridized carbons (Fsp3) is 0.892. The van der Waals surface area contributed by atoms with Crippen LogP contribution in [-0.2, 0) is 9.59 Å². The van der Waals surface area contributed by atoms with Crippen LogP contribution in [0.5, 0.6) is 0 Å².